The zero-order valence-electron chi connectivity index (χ0n) is 34.4. The SMILES string of the molecule is Cc1nc2ccc(OC(F)(F)F)cc2c2c1OC1(CC3C(=O)NC4(C(=O)NS(=O)(=O)C5(C)CC5)CCC4C=CCCCCCC(NC(=O)OC4CCCC4)C(=O)N3C1)CC2(F)F. The Bertz CT molecular complexity index is 2300. The van der Waals surface area contributed by atoms with E-state index in [2.05, 4.69) is 25.1 Å². The lowest BCUT2D eigenvalue weighted by atomic mass is 9.65. The van der Waals surface area contributed by atoms with Gasteiger partial charge in [-0.15, -0.1) is 13.2 Å². The fraction of sp³-hybridized carbons (Fsp3) is 0.643. The van der Waals surface area contributed by atoms with Crippen molar-refractivity contribution in [1.82, 2.24) is 25.2 Å². The highest BCUT2D eigenvalue weighted by atomic mass is 32.2. The molecule has 8 rings (SSSR count). The first kappa shape index (κ1) is 43.9. The number of fused-ring (bicyclic) bond motifs is 5. The van der Waals surface area contributed by atoms with E-state index in [-0.39, 0.29) is 35.5 Å². The predicted molar refractivity (Wildman–Crippen MR) is 211 cm³/mol. The molecule has 5 atom stereocenters. The number of alkyl carbamates (subject to hydrolysis) is 1. The molecule has 14 nitrogen and oxygen atoms in total. The van der Waals surface area contributed by atoms with Crippen LogP contribution in [0.1, 0.15) is 114 Å². The van der Waals surface area contributed by atoms with E-state index in [1.807, 2.05) is 6.08 Å². The number of aromatic nitrogens is 1. The number of benzene rings is 1. The number of nitrogens with zero attached hydrogens (tertiary/aromatic N) is 2. The number of alkyl halides is 5. The van der Waals surface area contributed by atoms with Crippen LogP contribution in [0.25, 0.3) is 10.9 Å². The van der Waals surface area contributed by atoms with Gasteiger partial charge in [0.05, 0.1) is 34.5 Å². The van der Waals surface area contributed by atoms with Gasteiger partial charge in [-0.1, -0.05) is 25.0 Å². The van der Waals surface area contributed by atoms with Crippen LogP contribution in [0.3, 0.4) is 0 Å². The van der Waals surface area contributed by atoms with E-state index in [0.29, 0.717) is 57.8 Å². The van der Waals surface area contributed by atoms with Crippen LogP contribution in [-0.4, -0.2) is 89.1 Å². The fourth-order valence-electron chi connectivity index (χ4n) is 9.67. The maximum absolute atomic E-state index is 16.9. The van der Waals surface area contributed by atoms with Crippen LogP contribution in [0.5, 0.6) is 11.5 Å². The number of hydrogen-bond acceptors (Lipinski definition) is 10. The number of sulfonamides is 1. The molecule has 338 valence electrons. The second kappa shape index (κ2) is 15.8. The molecule has 4 fully saturated rings. The van der Waals surface area contributed by atoms with E-state index >= 15 is 8.78 Å². The number of pyridine rings is 1. The van der Waals surface area contributed by atoms with Crippen LogP contribution in [0.15, 0.2) is 30.4 Å². The number of ether oxygens (including phenoxy) is 3. The molecule has 4 amide bonds. The minimum Gasteiger partial charge on any atom is -0.483 e. The van der Waals surface area contributed by atoms with Gasteiger partial charge < -0.3 is 29.7 Å². The number of allylic oxidation sites excluding steroid dienone is 1. The summed E-state index contributed by atoms with van der Waals surface area (Å²) in [6.07, 6.45) is 2.26. The molecule has 0 radical (unpaired) electrons. The molecule has 2 aromatic rings. The van der Waals surface area contributed by atoms with Crippen molar-refractivity contribution >= 4 is 44.7 Å². The van der Waals surface area contributed by atoms with Crippen molar-refractivity contribution in [2.24, 2.45) is 5.92 Å². The lowest BCUT2D eigenvalue weighted by Crippen LogP contribution is -2.70. The van der Waals surface area contributed by atoms with Crippen molar-refractivity contribution in [1.29, 1.82) is 0 Å². The first-order valence-electron chi connectivity index (χ1n) is 21.2. The fourth-order valence-corrected chi connectivity index (χ4v) is 11.0. The molecular weight excluding hydrogens is 846 g/mol. The highest BCUT2D eigenvalue weighted by Gasteiger charge is 2.62. The van der Waals surface area contributed by atoms with Crippen molar-refractivity contribution in [3.05, 3.63) is 41.6 Å². The summed E-state index contributed by atoms with van der Waals surface area (Å²) in [5.41, 5.74) is -4.59. The van der Waals surface area contributed by atoms with Crippen LogP contribution in [0.4, 0.5) is 26.7 Å². The van der Waals surface area contributed by atoms with Crippen molar-refractivity contribution in [2.45, 2.75) is 157 Å². The zero-order chi connectivity index (χ0) is 44.5. The average molecular weight is 896 g/mol. The number of rotatable bonds is 6. The highest BCUT2D eigenvalue weighted by Crippen LogP contribution is 2.55. The summed E-state index contributed by atoms with van der Waals surface area (Å²) in [7, 11) is -4.16. The summed E-state index contributed by atoms with van der Waals surface area (Å²) in [6.45, 7) is 2.30. The molecule has 1 aromatic carbocycles. The number of amides is 4. The van der Waals surface area contributed by atoms with Crippen molar-refractivity contribution < 1.29 is 63.8 Å². The second-order valence-electron chi connectivity index (χ2n) is 18.0. The van der Waals surface area contributed by atoms with Crippen LogP contribution < -0.4 is 24.8 Å². The van der Waals surface area contributed by atoms with Gasteiger partial charge in [0, 0.05) is 17.7 Å². The molecule has 3 aliphatic carbocycles. The first-order chi connectivity index (χ1) is 29.1. The first-order valence-corrected chi connectivity index (χ1v) is 22.7. The number of nitrogens with one attached hydrogen (secondary N) is 3. The molecule has 1 spiro atoms. The third-order valence-electron chi connectivity index (χ3n) is 13.5. The molecule has 20 heteroatoms. The molecule has 3 N–H and O–H groups in total. The van der Waals surface area contributed by atoms with Gasteiger partial charge in [-0.3, -0.25) is 19.1 Å². The minimum absolute atomic E-state index is 0.0320. The lowest BCUT2D eigenvalue weighted by molar-refractivity contribution is -0.274. The van der Waals surface area contributed by atoms with Gasteiger partial charge in [-0.05, 0) is 103 Å². The molecule has 1 aromatic heterocycles. The Morgan fingerprint density at radius 1 is 1.02 bits per heavy atom. The summed E-state index contributed by atoms with van der Waals surface area (Å²) in [5.74, 6) is -8.34. The summed E-state index contributed by atoms with van der Waals surface area (Å²) in [6, 6.07) is 0.0416. The molecule has 3 aliphatic heterocycles. The average Bonchev–Trinajstić information content (AvgIpc) is 3.55. The maximum Gasteiger partial charge on any atom is 0.573 e. The van der Waals surface area contributed by atoms with E-state index in [1.54, 1.807) is 6.08 Å². The lowest BCUT2D eigenvalue weighted by Gasteiger charge is -2.48. The Kier molecular flexibility index (Phi) is 11.2. The topological polar surface area (TPSA) is 182 Å². The molecular formula is C42H50F5N5O9S. The number of carbonyl (C=O) groups is 4. The number of hydrogen-bond donors (Lipinski definition) is 3. The minimum atomic E-state index is -5.11. The van der Waals surface area contributed by atoms with Crippen molar-refractivity contribution in [3.8, 4) is 11.5 Å². The van der Waals surface area contributed by atoms with Crippen LogP contribution in [0, 0.1) is 12.8 Å². The molecule has 4 heterocycles. The standard InChI is InChI=1S/C42H50F5N5O9S/c1-24-33-32(28-20-27(60-42(45,46)47)14-15-29(28)48-24)41(43,44)22-39(61-33)21-31-34(53)50-40(36(55)51-62(57,58)38(2)18-19-38)17-16-25(40)10-6-4-3-5-7-13-30(35(54)52(31)23-39)49-37(56)59-26-11-8-9-12-26/h6,10,14-15,20,25-26,30-31H,3-5,7-9,11-13,16-19,21-23H2,1-2H3,(H,49,56)(H,50,53)(H,51,55). The Hall–Kier alpha value is -4.75. The Balaban J connectivity index is 1.17. The second-order valence-corrected chi connectivity index (χ2v) is 20.2. The number of aryl methyl sites for hydroxylation is 1. The Labute approximate surface area is 355 Å². The van der Waals surface area contributed by atoms with E-state index in [4.69, 9.17) is 9.47 Å². The normalized spacial score (nSPS) is 29.8. The van der Waals surface area contributed by atoms with Gasteiger partial charge in [-0.25, -0.2) is 27.0 Å². The number of carbonyl (C=O) groups excluding carboxylic acids is 4. The van der Waals surface area contributed by atoms with Gasteiger partial charge in [0.15, 0.2) is 5.75 Å². The zero-order valence-corrected chi connectivity index (χ0v) is 35.2. The smallest absolute Gasteiger partial charge is 0.483 e. The monoisotopic (exact) mass is 895 g/mol. The predicted octanol–water partition coefficient (Wildman–Crippen LogP) is 6.48. The van der Waals surface area contributed by atoms with Crippen LogP contribution >= 0.6 is 0 Å². The molecule has 6 aliphatic rings. The van der Waals surface area contributed by atoms with Gasteiger partial charge >= 0.3 is 12.5 Å². The third-order valence-corrected chi connectivity index (χ3v) is 15.7. The van der Waals surface area contributed by atoms with E-state index in [1.165, 1.54) is 13.8 Å². The van der Waals surface area contributed by atoms with Crippen molar-refractivity contribution in [3.63, 3.8) is 0 Å². The Morgan fingerprint density at radius 3 is 2.42 bits per heavy atom. The molecule has 0 bridgehead atoms. The largest absolute Gasteiger partial charge is 0.573 e. The Morgan fingerprint density at radius 2 is 1.74 bits per heavy atom. The van der Waals surface area contributed by atoms with Gasteiger partial charge in [0.25, 0.3) is 11.8 Å². The molecule has 1 saturated heterocycles. The third kappa shape index (κ3) is 8.39. The summed E-state index contributed by atoms with van der Waals surface area (Å²) in [5, 5.41) is 5.09. The van der Waals surface area contributed by atoms with E-state index in [0.717, 1.165) is 35.9 Å². The van der Waals surface area contributed by atoms with Crippen LogP contribution in [-0.2, 0) is 35.1 Å². The molecule has 3 saturated carbocycles. The van der Waals surface area contributed by atoms with Gasteiger partial charge in [-0.2, -0.15) is 0 Å². The summed E-state index contributed by atoms with van der Waals surface area (Å²) in [4.78, 5) is 62.5. The molecule has 62 heavy (non-hydrogen) atoms. The summed E-state index contributed by atoms with van der Waals surface area (Å²) >= 11 is 0. The summed E-state index contributed by atoms with van der Waals surface area (Å²) < 4.78 is 117. The quantitative estimate of drug-likeness (QED) is 0.215. The van der Waals surface area contributed by atoms with Crippen LogP contribution in [0.2, 0.25) is 0 Å². The van der Waals surface area contributed by atoms with Gasteiger partial charge in [0.1, 0.15) is 35.1 Å². The number of halogens is 5. The van der Waals surface area contributed by atoms with Gasteiger partial charge in [0.2, 0.25) is 21.8 Å². The van der Waals surface area contributed by atoms with E-state index < -0.39 is 116 Å². The molecule has 5 unspecified atom stereocenters. The highest BCUT2D eigenvalue weighted by molar-refractivity contribution is 7.91. The van der Waals surface area contributed by atoms with Crippen molar-refractivity contribution in [2.75, 3.05) is 6.54 Å². The maximum atomic E-state index is 16.9. The van der Waals surface area contributed by atoms with E-state index in [9.17, 15) is 40.8 Å².